The van der Waals surface area contributed by atoms with Crippen molar-refractivity contribution in [3.8, 4) is 11.5 Å². The van der Waals surface area contributed by atoms with Crippen molar-refractivity contribution in [2.24, 2.45) is 5.92 Å². The van der Waals surface area contributed by atoms with Crippen molar-refractivity contribution in [2.75, 3.05) is 13.7 Å². The van der Waals surface area contributed by atoms with E-state index in [1.165, 1.54) is 26.2 Å². The van der Waals surface area contributed by atoms with Gasteiger partial charge in [-0.1, -0.05) is 25.4 Å². The number of methoxy groups -OCH3 is 1. The SMILES string of the molecule is COc1cc(C(=O)NC(C)C(=O)O)cc(Cl)c1OCCC(C)C. The summed E-state index contributed by atoms with van der Waals surface area (Å²) in [6, 6.07) is 1.90. The van der Waals surface area contributed by atoms with Gasteiger partial charge in [0.15, 0.2) is 11.5 Å². The monoisotopic (exact) mass is 343 g/mol. The fraction of sp³-hybridized carbons (Fsp3) is 0.500. The van der Waals surface area contributed by atoms with Gasteiger partial charge in [-0.2, -0.15) is 0 Å². The van der Waals surface area contributed by atoms with E-state index in [-0.39, 0.29) is 10.6 Å². The maximum Gasteiger partial charge on any atom is 0.325 e. The first kappa shape index (κ1) is 19.1. The molecule has 128 valence electrons. The largest absolute Gasteiger partial charge is 0.493 e. The number of hydrogen-bond donors (Lipinski definition) is 2. The lowest BCUT2D eigenvalue weighted by atomic mass is 10.1. The molecule has 1 amide bonds. The molecule has 7 heteroatoms. The van der Waals surface area contributed by atoms with Crippen LogP contribution in [0.1, 0.15) is 37.6 Å². The van der Waals surface area contributed by atoms with E-state index in [9.17, 15) is 9.59 Å². The average Bonchev–Trinajstić information content (AvgIpc) is 2.47. The van der Waals surface area contributed by atoms with E-state index in [1.807, 2.05) is 0 Å². The predicted molar refractivity (Wildman–Crippen MR) is 87.5 cm³/mol. The fourth-order valence-electron chi connectivity index (χ4n) is 1.73. The number of carboxylic acid groups (broad SMARTS) is 1. The smallest absolute Gasteiger partial charge is 0.325 e. The molecule has 0 bridgehead atoms. The number of benzene rings is 1. The van der Waals surface area contributed by atoms with Crippen LogP contribution in [0.2, 0.25) is 5.02 Å². The van der Waals surface area contributed by atoms with Crippen molar-refractivity contribution in [1.82, 2.24) is 5.32 Å². The highest BCUT2D eigenvalue weighted by Crippen LogP contribution is 2.36. The molecule has 1 aromatic carbocycles. The van der Waals surface area contributed by atoms with Crippen molar-refractivity contribution in [3.63, 3.8) is 0 Å². The van der Waals surface area contributed by atoms with Gasteiger partial charge in [0.1, 0.15) is 6.04 Å². The average molecular weight is 344 g/mol. The van der Waals surface area contributed by atoms with Crippen molar-refractivity contribution < 1.29 is 24.2 Å². The Morgan fingerprint density at radius 1 is 1.30 bits per heavy atom. The first-order valence-corrected chi connectivity index (χ1v) is 7.68. The van der Waals surface area contributed by atoms with Gasteiger partial charge in [-0.05, 0) is 31.4 Å². The molecule has 0 saturated heterocycles. The second kappa shape index (κ2) is 8.62. The molecule has 0 saturated carbocycles. The zero-order chi connectivity index (χ0) is 17.6. The van der Waals surface area contributed by atoms with Gasteiger partial charge >= 0.3 is 5.97 Å². The van der Waals surface area contributed by atoms with Crippen LogP contribution in [0, 0.1) is 5.92 Å². The van der Waals surface area contributed by atoms with E-state index in [1.54, 1.807) is 0 Å². The quantitative estimate of drug-likeness (QED) is 0.758. The van der Waals surface area contributed by atoms with Crippen LogP contribution in [0.25, 0.3) is 0 Å². The van der Waals surface area contributed by atoms with Crippen molar-refractivity contribution in [2.45, 2.75) is 33.2 Å². The zero-order valence-electron chi connectivity index (χ0n) is 13.7. The van der Waals surface area contributed by atoms with Crippen LogP contribution in [0.4, 0.5) is 0 Å². The number of amides is 1. The molecule has 0 fully saturated rings. The Morgan fingerprint density at radius 2 is 1.96 bits per heavy atom. The molecule has 0 aliphatic rings. The maximum absolute atomic E-state index is 12.1. The third kappa shape index (κ3) is 5.63. The summed E-state index contributed by atoms with van der Waals surface area (Å²) in [5, 5.41) is 11.4. The molecule has 0 aliphatic heterocycles. The predicted octanol–water partition coefficient (Wildman–Crippen LogP) is 2.98. The number of hydrogen-bond acceptors (Lipinski definition) is 4. The molecule has 0 spiro atoms. The number of carbonyl (C=O) groups excluding carboxylic acids is 1. The number of nitrogens with one attached hydrogen (secondary N) is 1. The molecule has 1 unspecified atom stereocenters. The first-order valence-electron chi connectivity index (χ1n) is 7.30. The summed E-state index contributed by atoms with van der Waals surface area (Å²) in [7, 11) is 1.45. The minimum atomic E-state index is -1.12. The van der Waals surface area contributed by atoms with Gasteiger partial charge in [-0.25, -0.2) is 0 Å². The third-order valence-corrected chi connectivity index (χ3v) is 3.43. The van der Waals surface area contributed by atoms with Crippen LogP contribution in [0.5, 0.6) is 11.5 Å². The van der Waals surface area contributed by atoms with Crippen LogP contribution in [0.3, 0.4) is 0 Å². The molecule has 1 atom stereocenters. The van der Waals surface area contributed by atoms with E-state index in [4.69, 9.17) is 26.2 Å². The standard InChI is InChI=1S/C16H22ClNO5/c1-9(2)5-6-23-14-12(17)7-11(8-13(14)22-4)15(19)18-10(3)16(20)21/h7-10H,5-6H2,1-4H3,(H,18,19)(H,20,21). The van der Waals surface area contributed by atoms with Crippen LogP contribution >= 0.6 is 11.6 Å². The van der Waals surface area contributed by atoms with Gasteiger partial charge in [0.2, 0.25) is 0 Å². The minimum Gasteiger partial charge on any atom is -0.493 e. The van der Waals surface area contributed by atoms with E-state index in [0.717, 1.165) is 6.42 Å². The summed E-state index contributed by atoms with van der Waals surface area (Å²) in [5.74, 6) is -0.478. The van der Waals surface area contributed by atoms with Crippen molar-refractivity contribution >= 4 is 23.5 Å². The first-order chi connectivity index (χ1) is 10.8. The van der Waals surface area contributed by atoms with Gasteiger partial charge in [0.05, 0.1) is 18.7 Å². The molecule has 0 aromatic heterocycles. The van der Waals surface area contributed by atoms with Gasteiger partial charge in [0.25, 0.3) is 5.91 Å². The number of ether oxygens (including phenoxy) is 2. The molecule has 1 aromatic rings. The Morgan fingerprint density at radius 3 is 2.48 bits per heavy atom. The van der Waals surface area contributed by atoms with Crippen molar-refractivity contribution in [1.29, 1.82) is 0 Å². The van der Waals surface area contributed by atoms with Crippen LogP contribution in [0.15, 0.2) is 12.1 Å². The normalized spacial score (nSPS) is 11.9. The number of carboxylic acids is 1. The highest BCUT2D eigenvalue weighted by molar-refractivity contribution is 6.32. The van der Waals surface area contributed by atoms with Crippen LogP contribution in [-0.2, 0) is 4.79 Å². The molecular weight excluding hydrogens is 322 g/mol. The second-order valence-electron chi connectivity index (χ2n) is 5.55. The lowest BCUT2D eigenvalue weighted by Gasteiger charge is -2.15. The Bertz CT molecular complexity index is 574. The van der Waals surface area contributed by atoms with E-state index in [0.29, 0.717) is 24.0 Å². The zero-order valence-corrected chi connectivity index (χ0v) is 14.4. The van der Waals surface area contributed by atoms with Gasteiger partial charge < -0.3 is 19.9 Å². The van der Waals surface area contributed by atoms with E-state index < -0.39 is 17.9 Å². The molecular formula is C16H22ClNO5. The molecule has 1 rings (SSSR count). The topological polar surface area (TPSA) is 84.9 Å². The molecule has 0 radical (unpaired) electrons. The third-order valence-electron chi connectivity index (χ3n) is 3.15. The number of halogens is 1. The maximum atomic E-state index is 12.1. The van der Waals surface area contributed by atoms with Gasteiger partial charge in [-0.15, -0.1) is 0 Å². The van der Waals surface area contributed by atoms with Crippen LogP contribution in [-0.4, -0.2) is 36.7 Å². The minimum absolute atomic E-state index is 0.205. The Hall–Kier alpha value is -1.95. The number of carbonyl (C=O) groups is 2. The molecule has 6 nitrogen and oxygen atoms in total. The van der Waals surface area contributed by atoms with Crippen LogP contribution < -0.4 is 14.8 Å². The summed E-state index contributed by atoms with van der Waals surface area (Å²) in [6.07, 6.45) is 0.859. The molecule has 0 aliphatic carbocycles. The summed E-state index contributed by atoms with van der Waals surface area (Å²) in [6.45, 7) is 6.02. The van der Waals surface area contributed by atoms with Crippen molar-refractivity contribution in [3.05, 3.63) is 22.7 Å². The fourth-order valence-corrected chi connectivity index (χ4v) is 1.99. The van der Waals surface area contributed by atoms with Gasteiger partial charge in [0, 0.05) is 5.56 Å². The Kier molecular flexibility index (Phi) is 7.16. The van der Waals surface area contributed by atoms with E-state index in [2.05, 4.69) is 19.2 Å². The summed E-state index contributed by atoms with van der Waals surface area (Å²) in [5.41, 5.74) is 0.205. The summed E-state index contributed by atoms with van der Waals surface area (Å²) < 4.78 is 10.9. The highest BCUT2D eigenvalue weighted by Gasteiger charge is 2.19. The Labute approximate surface area is 140 Å². The van der Waals surface area contributed by atoms with Gasteiger partial charge in [-0.3, -0.25) is 9.59 Å². The summed E-state index contributed by atoms with van der Waals surface area (Å²) >= 11 is 6.17. The summed E-state index contributed by atoms with van der Waals surface area (Å²) in [4.78, 5) is 22.9. The highest BCUT2D eigenvalue weighted by atomic mass is 35.5. The second-order valence-corrected chi connectivity index (χ2v) is 5.96. The Balaban J connectivity index is 2.94. The molecule has 0 heterocycles. The number of rotatable bonds is 8. The van der Waals surface area contributed by atoms with E-state index >= 15 is 0 Å². The lowest BCUT2D eigenvalue weighted by molar-refractivity contribution is -0.138. The number of aliphatic carboxylic acids is 1. The molecule has 2 N–H and O–H groups in total. The molecule has 23 heavy (non-hydrogen) atoms. The lowest BCUT2D eigenvalue weighted by Crippen LogP contribution is -2.38.